The number of carbonyl (C=O) groups is 3. The summed E-state index contributed by atoms with van der Waals surface area (Å²) in [5.74, 6) is -0.839. The first-order chi connectivity index (χ1) is 21.8. The van der Waals surface area contributed by atoms with Crippen molar-refractivity contribution in [3.05, 3.63) is 101 Å². The van der Waals surface area contributed by atoms with E-state index in [1.54, 1.807) is 54.3 Å². The maximum Gasteiger partial charge on any atom is 0.332 e. The Bertz CT molecular complexity index is 1640. The predicted octanol–water partition coefficient (Wildman–Crippen LogP) is 6.68. The second-order valence-electron chi connectivity index (χ2n) is 12.9. The van der Waals surface area contributed by atoms with Gasteiger partial charge < -0.3 is 25.0 Å². The molecule has 1 saturated carbocycles. The number of amides is 2. The van der Waals surface area contributed by atoms with Crippen molar-refractivity contribution in [3.63, 3.8) is 0 Å². The van der Waals surface area contributed by atoms with Gasteiger partial charge in [0.05, 0.1) is 6.61 Å². The number of esters is 1. The molecule has 8 nitrogen and oxygen atoms in total. The number of anilines is 1. The average molecular weight is 648 g/mol. The number of ether oxygens (including phenoxy) is 2. The van der Waals surface area contributed by atoms with E-state index in [2.05, 4.69) is 17.2 Å². The Hall–Kier alpha value is -4.37. The fourth-order valence-electron chi connectivity index (χ4n) is 5.85. The first-order valence-corrected chi connectivity index (χ1v) is 15.7. The van der Waals surface area contributed by atoms with Crippen LogP contribution < -0.4 is 15.4 Å². The molecule has 0 radical (unpaired) electrons. The highest BCUT2D eigenvalue weighted by atomic mass is 35.5. The molecule has 2 aliphatic rings. The van der Waals surface area contributed by atoms with Crippen molar-refractivity contribution in [1.82, 2.24) is 10.2 Å². The third-order valence-corrected chi connectivity index (χ3v) is 8.71. The zero-order chi connectivity index (χ0) is 33.2. The Morgan fingerprint density at radius 1 is 1.09 bits per heavy atom. The third-order valence-electron chi connectivity index (χ3n) is 8.48. The molecule has 0 bridgehead atoms. The molecule has 4 atom stereocenters. The number of nitrogens with zero attached hydrogens (tertiary/aromatic N) is 1. The van der Waals surface area contributed by atoms with Crippen LogP contribution in [0.1, 0.15) is 45.2 Å². The molecule has 1 heterocycles. The number of carbonyl (C=O) groups excluding carboxylic acids is 3. The fourth-order valence-corrected chi connectivity index (χ4v) is 6.03. The largest absolute Gasteiger partial charge is 0.464 e. The van der Waals surface area contributed by atoms with Crippen LogP contribution in [-0.2, 0) is 32.1 Å². The molecule has 2 N–H and O–H groups in total. The molecular weight excluding hydrogens is 609 g/mol. The standard InChI is InChI=1S/C36H39ClFN3O5/c1-6-24-20-36(24,34(44)45-7-2)40-32(42)30-18-23-17-29(46-28-10-8-9-25(37)19-28)16-11-22(23)21-41(30)33(43)31(35(3,4)5)39-27-14-12-26(38)13-15-27/h6,8-17,19,24,30-31,39H,1,7,18,20-21H2,2-5H3,(H,40,42)/t24-,30?,31-,36-/m1/s1. The summed E-state index contributed by atoms with van der Waals surface area (Å²) in [6.45, 7) is 11.6. The summed E-state index contributed by atoms with van der Waals surface area (Å²) in [6, 6.07) is 16.7. The van der Waals surface area contributed by atoms with E-state index in [-0.39, 0.29) is 37.2 Å². The van der Waals surface area contributed by atoms with Gasteiger partial charge in [0.2, 0.25) is 11.8 Å². The number of halogens is 2. The van der Waals surface area contributed by atoms with Gasteiger partial charge in [-0.25, -0.2) is 9.18 Å². The lowest BCUT2D eigenvalue weighted by molar-refractivity contribution is -0.151. The van der Waals surface area contributed by atoms with Gasteiger partial charge in [-0.05, 0) is 84.5 Å². The van der Waals surface area contributed by atoms with E-state index in [4.69, 9.17) is 21.1 Å². The molecule has 3 aromatic carbocycles. The number of hydrogen-bond acceptors (Lipinski definition) is 6. The van der Waals surface area contributed by atoms with Crippen molar-refractivity contribution in [2.75, 3.05) is 11.9 Å². The van der Waals surface area contributed by atoms with E-state index in [0.29, 0.717) is 28.6 Å². The summed E-state index contributed by atoms with van der Waals surface area (Å²) in [4.78, 5) is 43.2. The summed E-state index contributed by atoms with van der Waals surface area (Å²) in [6.07, 6.45) is 2.19. The number of fused-ring (bicyclic) bond motifs is 1. The van der Waals surface area contributed by atoms with Crippen molar-refractivity contribution in [3.8, 4) is 11.5 Å². The van der Waals surface area contributed by atoms with E-state index in [1.165, 1.54) is 12.1 Å². The van der Waals surface area contributed by atoms with Crippen molar-refractivity contribution in [1.29, 1.82) is 0 Å². The molecule has 0 aromatic heterocycles. The van der Waals surface area contributed by atoms with Gasteiger partial charge >= 0.3 is 5.97 Å². The van der Waals surface area contributed by atoms with Crippen LogP contribution in [0, 0.1) is 17.2 Å². The zero-order valence-corrected chi connectivity index (χ0v) is 27.2. The van der Waals surface area contributed by atoms with Gasteiger partial charge in [0.1, 0.15) is 34.9 Å². The van der Waals surface area contributed by atoms with E-state index < -0.39 is 34.9 Å². The van der Waals surface area contributed by atoms with Gasteiger partial charge in [-0.15, -0.1) is 6.58 Å². The number of rotatable bonds is 10. The number of hydrogen-bond donors (Lipinski definition) is 2. The average Bonchev–Trinajstić information content (AvgIpc) is 3.73. The second-order valence-corrected chi connectivity index (χ2v) is 13.3. The fraction of sp³-hybridized carbons (Fsp3) is 0.361. The van der Waals surface area contributed by atoms with E-state index in [0.717, 1.165) is 11.1 Å². The summed E-state index contributed by atoms with van der Waals surface area (Å²) >= 11 is 6.14. The lowest BCUT2D eigenvalue weighted by Gasteiger charge is -2.41. The topological polar surface area (TPSA) is 97.0 Å². The van der Waals surface area contributed by atoms with Crippen molar-refractivity contribution >= 4 is 35.1 Å². The van der Waals surface area contributed by atoms with Crippen molar-refractivity contribution < 1.29 is 28.2 Å². The van der Waals surface area contributed by atoms with Crippen LogP contribution in [0.3, 0.4) is 0 Å². The minimum atomic E-state index is -1.23. The van der Waals surface area contributed by atoms with Crippen LogP contribution in [0.4, 0.5) is 10.1 Å². The zero-order valence-electron chi connectivity index (χ0n) is 26.4. The van der Waals surface area contributed by atoms with Crippen LogP contribution in [0.25, 0.3) is 0 Å². The maximum atomic E-state index is 14.5. The molecule has 242 valence electrons. The molecule has 1 fully saturated rings. The van der Waals surface area contributed by atoms with Gasteiger partial charge in [0.15, 0.2) is 0 Å². The first-order valence-electron chi connectivity index (χ1n) is 15.3. The Balaban J connectivity index is 1.49. The maximum absolute atomic E-state index is 14.5. The molecule has 10 heteroatoms. The molecule has 0 saturated heterocycles. The lowest BCUT2D eigenvalue weighted by Crippen LogP contribution is -2.60. The highest BCUT2D eigenvalue weighted by Crippen LogP contribution is 2.46. The van der Waals surface area contributed by atoms with E-state index in [1.807, 2.05) is 39.0 Å². The van der Waals surface area contributed by atoms with Gasteiger partial charge in [0.25, 0.3) is 0 Å². The first kappa shape index (κ1) is 33.0. The molecule has 1 aliphatic heterocycles. The Morgan fingerprint density at radius 2 is 1.80 bits per heavy atom. The SMILES string of the molecule is C=C[C@@H]1C[C@]1(NC(=O)C1Cc2cc(Oc3cccc(Cl)c3)ccc2CN1C(=O)[C@@H](Nc1ccc(F)cc1)C(C)(C)C)C(=O)OCC. The number of nitrogens with one attached hydrogen (secondary N) is 2. The molecule has 1 unspecified atom stereocenters. The van der Waals surface area contributed by atoms with E-state index in [9.17, 15) is 18.8 Å². The molecular formula is C36H39ClFN3O5. The molecule has 2 amide bonds. The predicted molar refractivity (Wildman–Crippen MR) is 175 cm³/mol. The summed E-state index contributed by atoms with van der Waals surface area (Å²) in [5, 5.41) is 6.76. The monoisotopic (exact) mass is 647 g/mol. The van der Waals surface area contributed by atoms with Gasteiger partial charge in [-0.1, -0.05) is 50.6 Å². The highest BCUT2D eigenvalue weighted by Gasteiger charge is 2.61. The Morgan fingerprint density at radius 3 is 2.43 bits per heavy atom. The minimum Gasteiger partial charge on any atom is -0.464 e. The quantitative estimate of drug-likeness (QED) is 0.188. The lowest BCUT2D eigenvalue weighted by atomic mass is 9.84. The van der Waals surface area contributed by atoms with Gasteiger partial charge in [-0.3, -0.25) is 9.59 Å². The normalized spacial score (nSPS) is 21.0. The Kier molecular flexibility index (Phi) is 9.44. The third kappa shape index (κ3) is 7.04. The van der Waals surface area contributed by atoms with E-state index >= 15 is 0 Å². The molecule has 1 aliphatic carbocycles. The highest BCUT2D eigenvalue weighted by molar-refractivity contribution is 6.30. The molecule has 5 rings (SSSR count). The second kappa shape index (κ2) is 13.2. The number of benzene rings is 3. The van der Waals surface area contributed by atoms with Gasteiger partial charge in [0, 0.05) is 29.6 Å². The van der Waals surface area contributed by atoms with Crippen LogP contribution in [0.2, 0.25) is 5.02 Å². The smallest absolute Gasteiger partial charge is 0.332 e. The molecule has 46 heavy (non-hydrogen) atoms. The van der Waals surface area contributed by atoms with Crippen LogP contribution in [-0.4, -0.2) is 46.9 Å². The molecule has 3 aromatic rings. The summed E-state index contributed by atoms with van der Waals surface area (Å²) in [5.41, 5.74) is 0.461. The van der Waals surface area contributed by atoms with Crippen LogP contribution in [0.5, 0.6) is 11.5 Å². The van der Waals surface area contributed by atoms with Crippen LogP contribution >= 0.6 is 11.6 Å². The van der Waals surface area contributed by atoms with Gasteiger partial charge in [-0.2, -0.15) is 0 Å². The van der Waals surface area contributed by atoms with Crippen LogP contribution in [0.15, 0.2) is 79.4 Å². The summed E-state index contributed by atoms with van der Waals surface area (Å²) in [7, 11) is 0. The minimum absolute atomic E-state index is 0.151. The van der Waals surface area contributed by atoms with Crippen molar-refractivity contribution in [2.24, 2.45) is 11.3 Å². The Labute approximate surface area is 273 Å². The van der Waals surface area contributed by atoms with Crippen molar-refractivity contribution in [2.45, 2.75) is 64.7 Å². The summed E-state index contributed by atoms with van der Waals surface area (Å²) < 4.78 is 25.0. The molecule has 0 spiro atoms.